The molecule has 1 aliphatic rings. The van der Waals surface area contributed by atoms with Gasteiger partial charge in [-0.3, -0.25) is 4.79 Å². The SMILES string of the molecule is C[C@@H](Nc1ccc(N2CCCCC2)cc1)C(=O)Nc1ccc(S(N)(=O)=O)cc1. The van der Waals surface area contributed by atoms with Gasteiger partial charge in [-0.15, -0.1) is 0 Å². The third-order valence-electron chi connectivity index (χ3n) is 4.82. The molecule has 0 bridgehead atoms. The third kappa shape index (κ3) is 5.24. The number of anilines is 3. The quantitative estimate of drug-likeness (QED) is 0.689. The van der Waals surface area contributed by atoms with Gasteiger partial charge in [0.2, 0.25) is 15.9 Å². The van der Waals surface area contributed by atoms with Crippen molar-refractivity contribution in [2.45, 2.75) is 37.1 Å². The highest BCUT2D eigenvalue weighted by atomic mass is 32.2. The van der Waals surface area contributed by atoms with Crippen LogP contribution in [0.25, 0.3) is 0 Å². The first-order valence-corrected chi connectivity index (χ1v) is 10.9. The topological polar surface area (TPSA) is 105 Å². The summed E-state index contributed by atoms with van der Waals surface area (Å²) in [6.45, 7) is 3.96. The smallest absolute Gasteiger partial charge is 0.246 e. The zero-order chi connectivity index (χ0) is 20.1. The van der Waals surface area contributed by atoms with Crippen LogP contribution in [0.2, 0.25) is 0 Å². The molecular formula is C20H26N4O3S. The molecule has 2 aromatic carbocycles. The van der Waals surface area contributed by atoms with Gasteiger partial charge in [0.15, 0.2) is 0 Å². The van der Waals surface area contributed by atoms with Gasteiger partial charge in [0.05, 0.1) is 4.90 Å². The Kier molecular flexibility index (Phi) is 6.21. The van der Waals surface area contributed by atoms with Gasteiger partial charge in [0, 0.05) is 30.2 Å². The van der Waals surface area contributed by atoms with E-state index in [0.717, 1.165) is 18.8 Å². The molecule has 1 amide bonds. The summed E-state index contributed by atoms with van der Waals surface area (Å²) in [4.78, 5) is 14.8. The molecule has 0 saturated carbocycles. The van der Waals surface area contributed by atoms with Crippen molar-refractivity contribution in [3.05, 3.63) is 48.5 Å². The second-order valence-corrected chi connectivity index (χ2v) is 8.58. The van der Waals surface area contributed by atoms with E-state index in [0.29, 0.717) is 5.69 Å². The average molecular weight is 403 g/mol. The summed E-state index contributed by atoms with van der Waals surface area (Å²) in [6.07, 6.45) is 3.76. The number of nitrogens with one attached hydrogen (secondary N) is 2. The van der Waals surface area contributed by atoms with E-state index in [1.807, 2.05) is 12.1 Å². The van der Waals surface area contributed by atoms with Gasteiger partial charge < -0.3 is 15.5 Å². The molecule has 0 unspecified atom stereocenters. The number of hydrogen-bond acceptors (Lipinski definition) is 5. The van der Waals surface area contributed by atoms with Gasteiger partial charge in [-0.25, -0.2) is 13.6 Å². The maximum absolute atomic E-state index is 12.4. The largest absolute Gasteiger partial charge is 0.374 e. The molecule has 0 aromatic heterocycles. The molecule has 1 aliphatic heterocycles. The Balaban J connectivity index is 1.56. The van der Waals surface area contributed by atoms with Gasteiger partial charge in [-0.1, -0.05) is 0 Å². The van der Waals surface area contributed by atoms with Crippen LogP contribution in [0.5, 0.6) is 0 Å². The first kappa shape index (κ1) is 20.2. The highest BCUT2D eigenvalue weighted by Crippen LogP contribution is 2.22. The van der Waals surface area contributed by atoms with Crippen molar-refractivity contribution in [1.29, 1.82) is 0 Å². The Morgan fingerprint density at radius 3 is 2.11 bits per heavy atom. The number of rotatable bonds is 6. The lowest BCUT2D eigenvalue weighted by molar-refractivity contribution is -0.116. The molecule has 3 rings (SSSR count). The summed E-state index contributed by atoms with van der Waals surface area (Å²) in [5.74, 6) is -0.219. The van der Waals surface area contributed by atoms with Gasteiger partial charge in [-0.2, -0.15) is 0 Å². The van der Waals surface area contributed by atoms with E-state index in [1.165, 1.54) is 49.2 Å². The molecule has 1 heterocycles. The fourth-order valence-corrected chi connectivity index (χ4v) is 3.73. The number of nitrogens with two attached hydrogens (primary N) is 1. The molecule has 0 radical (unpaired) electrons. The standard InChI is InChI=1S/C20H26N4O3S/c1-15(20(25)23-17-7-11-19(12-8-17)28(21,26)27)22-16-5-9-18(10-6-16)24-13-3-2-4-14-24/h5-12,15,22H,2-4,13-14H2,1H3,(H,23,25)(H2,21,26,27)/t15-/m1/s1. The number of sulfonamides is 1. The predicted octanol–water partition coefficient (Wildman–Crippen LogP) is 2.76. The van der Waals surface area contributed by atoms with E-state index in [9.17, 15) is 13.2 Å². The fraction of sp³-hybridized carbons (Fsp3) is 0.350. The van der Waals surface area contributed by atoms with Crippen molar-refractivity contribution in [3.8, 4) is 0 Å². The van der Waals surface area contributed by atoms with Crippen molar-refractivity contribution < 1.29 is 13.2 Å². The van der Waals surface area contributed by atoms with E-state index in [4.69, 9.17) is 5.14 Å². The normalized spacial score (nSPS) is 15.7. The lowest BCUT2D eigenvalue weighted by Gasteiger charge is -2.29. The monoisotopic (exact) mass is 402 g/mol. The molecule has 7 nitrogen and oxygen atoms in total. The van der Waals surface area contributed by atoms with E-state index in [2.05, 4.69) is 27.7 Å². The lowest BCUT2D eigenvalue weighted by Crippen LogP contribution is -2.32. The molecule has 0 aliphatic carbocycles. The summed E-state index contributed by atoms with van der Waals surface area (Å²) >= 11 is 0. The number of amides is 1. The first-order chi connectivity index (χ1) is 13.3. The minimum absolute atomic E-state index is 0.00506. The molecule has 1 atom stereocenters. The van der Waals surface area contributed by atoms with E-state index in [-0.39, 0.29) is 10.8 Å². The van der Waals surface area contributed by atoms with Crippen molar-refractivity contribution >= 4 is 33.0 Å². The van der Waals surface area contributed by atoms with Crippen LogP contribution in [-0.2, 0) is 14.8 Å². The molecule has 28 heavy (non-hydrogen) atoms. The number of benzene rings is 2. The van der Waals surface area contributed by atoms with Gasteiger partial charge in [0.25, 0.3) is 0 Å². The minimum Gasteiger partial charge on any atom is -0.374 e. The zero-order valence-corrected chi connectivity index (χ0v) is 16.7. The third-order valence-corrected chi connectivity index (χ3v) is 5.74. The van der Waals surface area contributed by atoms with E-state index in [1.54, 1.807) is 6.92 Å². The van der Waals surface area contributed by atoms with Crippen molar-refractivity contribution in [2.75, 3.05) is 28.6 Å². The average Bonchev–Trinajstić information content (AvgIpc) is 2.69. The fourth-order valence-electron chi connectivity index (χ4n) is 3.21. The molecule has 1 fully saturated rings. The van der Waals surface area contributed by atoms with Crippen molar-refractivity contribution in [2.24, 2.45) is 5.14 Å². The van der Waals surface area contributed by atoms with Crippen molar-refractivity contribution in [1.82, 2.24) is 0 Å². The second kappa shape index (κ2) is 8.62. The van der Waals surface area contributed by atoms with Crippen LogP contribution in [0.3, 0.4) is 0 Å². The Morgan fingerprint density at radius 1 is 0.964 bits per heavy atom. The second-order valence-electron chi connectivity index (χ2n) is 7.02. The van der Waals surface area contributed by atoms with Gasteiger partial charge in [0.1, 0.15) is 6.04 Å². The molecular weight excluding hydrogens is 376 g/mol. The van der Waals surface area contributed by atoms with Crippen LogP contribution in [0.4, 0.5) is 17.1 Å². The van der Waals surface area contributed by atoms with Crippen molar-refractivity contribution in [3.63, 3.8) is 0 Å². The first-order valence-electron chi connectivity index (χ1n) is 9.38. The molecule has 8 heteroatoms. The van der Waals surface area contributed by atoms with Crippen LogP contribution in [0.15, 0.2) is 53.4 Å². The molecule has 0 spiro atoms. The van der Waals surface area contributed by atoms with E-state index >= 15 is 0 Å². The maximum Gasteiger partial charge on any atom is 0.246 e. The Hall–Kier alpha value is -2.58. The molecule has 2 aromatic rings. The molecule has 150 valence electrons. The molecule has 1 saturated heterocycles. The van der Waals surface area contributed by atoms with Gasteiger partial charge in [-0.05, 0) is 74.7 Å². The summed E-state index contributed by atoms with van der Waals surface area (Å²) in [7, 11) is -3.75. The summed E-state index contributed by atoms with van der Waals surface area (Å²) in [5, 5.41) is 11.0. The number of nitrogens with zero attached hydrogens (tertiary/aromatic N) is 1. The number of hydrogen-bond donors (Lipinski definition) is 3. The number of piperidine rings is 1. The Morgan fingerprint density at radius 2 is 1.54 bits per heavy atom. The van der Waals surface area contributed by atoms with E-state index < -0.39 is 16.1 Å². The highest BCUT2D eigenvalue weighted by molar-refractivity contribution is 7.89. The summed E-state index contributed by atoms with van der Waals surface area (Å²) in [6, 6.07) is 13.4. The van der Waals surface area contributed by atoms with Crippen LogP contribution < -0.4 is 20.7 Å². The predicted molar refractivity (Wildman–Crippen MR) is 112 cm³/mol. The Labute approximate surface area is 166 Å². The van der Waals surface area contributed by atoms with Crippen LogP contribution >= 0.6 is 0 Å². The van der Waals surface area contributed by atoms with Crippen LogP contribution in [0.1, 0.15) is 26.2 Å². The number of carbonyl (C=O) groups excluding carboxylic acids is 1. The van der Waals surface area contributed by atoms with Gasteiger partial charge >= 0.3 is 0 Å². The number of primary sulfonamides is 1. The van der Waals surface area contributed by atoms with Crippen LogP contribution in [-0.4, -0.2) is 33.5 Å². The zero-order valence-electron chi connectivity index (χ0n) is 15.9. The lowest BCUT2D eigenvalue weighted by atomic mass is 10.1. The summed E-state index contributed by atoms with van der Waals surface area (Å²) in [5.41, 5.74) is 2.58. The molecule has 4 N–H and O–H groups in total. The summed E-state index contributed by atoms with van der Waals surface area (Å²) < 4.78 is 22.6. The maximum atomic E-state index is 12.4. The number of carbonyl (C=O) groups is 1. The Bertz CT molecular complexity index is 905. The minimum atomic E-state index is -3.75. The van der Waals surface area contributed by atoms with Crippen LogP contribution in [0, 0.1) is 0 Å². The highest BCUT2D eigenvalue weighted by Gasteiger charge is 2.15.